The maximum atomic E-state index is 12.5. The average Bonchev–Trinajstić information content (AvgIpc) is 3.28. The minimum absolute atomic E-state index is 0.0365. The van der Waals surface area contributed by atoms with E-state index in [4.69, 9.17) is 4.52 Å². The van der Waals surface area contributed by atoms with Gasteiger partial charge in [-0.2, -0.15) is 4.98 Å². The van der Waals surface area contributed by atoms with Crippen LogP contribution in [0.1, 0.15) is 57.3 Å². The molecule has 1 aromatic heterocycles. The number of piperidine rings is 1. The predicted octanol–water partition coefficient (Wildman–Crippen LogP) is 1.61. The van der Waals surface area contributed by atoms with Gasteiger partial charge >= 0.3 is 6.03 Å². The van der Waals surface area contributed by atoms with E-state index in [0.29, 0.717) is 25.0 Å². The molecule has 2 fully saturated rings. The number of rotatable bonds is 4. The van der Waals surface area contributed by atoms with E-state index in [1.54, 1.807) is 4.90 Å². The Morgan fingerprint density at radius 1 is 1.29 bits per heavy atom. The maximum absolute atomic E-state index is 12.5. The number of nitrogens with zero attached hydrogens (tertiary/aromatic N) is 3. The summed E-state index contributed by atoms with van der Waals surface area (Å²) in [5.74, 6) is 0.197. The second-order valence-electron chi connectivity index (χ2n) is 6.74. The van der Waals surface area contributed by atoms with E-state index in [2.05, 4.69) is 20.8 Å². The lowest BCUT2D eigenvalue weighted by atomic mass is 9.97. The van der Waals surface area contributed by atoms with E-state index >= 15 is 0 Å². The molecule has 24 heavy (non-hydrogen) atoms. The number of hydrogen-bond acceptors (Lipinski definition) is 5. The molecule has 0 spiro atoms. The largest absolute Gasteiger partial charge is 0.346 e. The number of likely N-dealkylation sites (tertiary alicyclic amines) is 1. The highest BCUT2D eigenvalue weighted by molar-refractivity contribution is 5.81. The van der Waals surface area contributed by atoms with Gasteiger partial charge in [0.25, 0.3) is 0 Å². The molecular formula is C16H25N5O3. The molecule has 132 valence electrons. The van der Waals surface area contributed by atoms with Crippen molar-refractivity contribution < 1.29 is 14.1 Å². The zero-order valence-electron chi connectivity index (χ0n) is 14.0. The van der Waals surface area contributed by atoms with Crippen LogP contribution in [0.15, 0.2) is 10.9 Å². The van der Waals surface area contributed by atoms with E-state index in [1.807, 2.05) is 6.92 Å². The molecule has 2 heterocycles. The lowest BCUT2D eigenvalue weighted by Crippen LogP contribution is -2.50. The fraction of sp³-hybridized carbons (Fsp3) is 0.750. The lowest BCUT2D eigenvalue weighted by Gasteiger charge is -2.33. The van der Waals surface area contributed by atoms with E-state index in [-0.39, 0.29) is 23.9 Å². The third-order valence-electron chi connectivity index (χ3n) is 4.89. The minimum atomic E-state index is -0.307. The molecule has 0 aromatic carbocycles. The van der Waals surface area contributed by atoms with Crippen LogP contribution in [0.2, 0.25) is 0 Å². The van der Waals surface area contributed by atoms with Crippen molar-refractivity contribution in [3.63, 3.8) is 0 Å². The van der Waals surface area contributed by atoms with Crippen LogP contribution in [-0.4, -0.2) is 46.1 Å². The van der Waals surface area contributed by atoms with Gasteiger partial charge in [-0.1, -0.05) is 18.0 Å². The quantitative estimate of drug-likeness (QED) is 0.870. The van der Waals surface area contributed by atoms with Gasteiger partial charge in [-0.15, -0.1) is 0 Å². The maximum Gasteiger partial charge on any atom is 0.317 e. The minimum Gasteiger partial charge on any atom is -0.346 e. The topological polar surface area (TPSA) is 100 Å². The van der Waals surface area contributed by atoms with Crippen molar-refractivity contribution in [1.82, 2.24) is 25.7 Å². The first-order chi connectivity index (χ1) is 11.6. The van der Waals surface area contributed by atoms with Crippen LogP contribution >= 0.6 is 0 Å². The Labute approximate surface area is 141 Å². The highest BCUT2D eigenvalue weighted by atomic mass is 16.5. The normalized spacial score (nSPS) is 23.0. The molecule has 1 saturated heterocycles. The smallest absolute Gasteiger partial charge is 0.317 e. The first-order valence-electron chi connectivity index (χ1n) is 8.75. The van der Waals surface area contributed by atoms with E-state index < -0.39 is 0 Å². The highest BCUT2D eigenvalue weighted by Crippen LogP contribution is 2.21. The van der Waals surface area contributed by atoms with Gasteiger partial charge in [0.05, 0.1) is 12.0 Å². The number of nitrogens with one attached hydrogen (secondary N) is 2. The zero-order valence-corrected chi connectivity index (χ0v) is 14.0. The first kappa shape index (κ1) is 16.7. The monoisotopic (exact) mass is 335 g/mol. The van der Waals surface area contributed by atoms with Crippen LogP contribution in [0.25, 0.3) is 0 Å². The fourth-order valence-electron chi connectivity index (χ4n) is 3.48. The standard InChI is InChI=1S/C16H25N5O3/c1-11(14-17-10-24-20-14)18-15(22)12-5-4-8-21(9-12)16(23)19-13-6-2-3-7-13/h10-13H,2-9H2,1H3,(H,18,22)(H,19,23)/t11-,12+/m1/s1. The highest BCUT2D eigenvalue weighted by Gasteiger charge is 2.30. The van der Waals surface area contributed by atoms with Crippen molar-refractivity contribution in [2.24, 2.45) is 5.92 Å². The number of urea groups is 1. The van der Waals surface area contributed by atoms with Crippen LogP contribution in [0.5, 0.6) is 0 Å². The van der Waals surface area contributed by atoms with Gasteiger partial charge in [-0.25, -0.2) is 4.79 Å². The SMILES string of the molecule is C[C@@H](NC(=O)[C@H]1CCCN(C(=O)NC2CCCC2)C1)c1ncon1. The molecule has 0 unspecified atom stereocenters. The van der Waals surface area contributed by atoms with Crippen LogP contribution in [0.3, 0.4) is 0 Å². The Bertz CT molecular complexity index is 556. The third-order valence-corrected chi connectivity index (χ3v) is 4.89. The molecule has 2 N–H and O–H groups in total. The van der Waals surface area contributed by atoms with Crippen molar-refractivity contribution in [2.75, 3.05) is 13.1 Å². The van der Waals surface area contributed by atoms with Crippen LogP contribution in [0.4, 0.5) is 4.79 Å². The Morgan fingerprint density at radius 2 is 2.08 bits per heavy atom. The summed E-state index contributed by atoms with van der Waals surface area (Å²) in [6, 6.07) is -0.0467. The molecule has 3 rings (SSSR count). The van der Waals surface area contributed by atoms with Gasteiger partial charge in [0.1, 0.15) is 0 Å². The molecule has 2 atom stereocenters. The van der Waals surface area contributed by atoms with Gasteiger partial charge in [-0.05, 0) is 32.6 Å². The van der Waals surface area contributed by atoms with E-state index in [9.17, 15) is 9.59 Å². The number of hydrogen-bond donors (Lipinski definition) is 2. The summed E-state index contributed by atoms with van der Waals surface area (Å²) in [7, 11) is 0. The summed E-state index contributed by atoms with van der Waals surface area (Å²) in [6.07, 6.45) is 7.36. The predicted molar refractivity (Wildman–Crippen MR) is 85.9 cm³/mol. The molecule has 0 bridgehead atoms. The van der Waals surface area contributed by atoms with Crippen molar-refractivity contribution >= 4 is 11.9 Å². The number of carbonyl (C=O) groups excluding carboxylic acids is 2. The first-order valence-corrected chi connectivity index (χ1v) is 8.75. The van der Waals surface area contributed by atoms with Gasteiger partial charge in [0.2, 0.25) is 12.3 Å². The van der Waals surface area contributed by atoms with Crippen LogP contribution in [0, 0.1) is 5.92 Å². The molecule has 8 heteroatoms. The molecule has 8 nitrogen and oxygen atoms in total. The van der Waals surface area contributed by atoms with E-state index in [1.165, 1.54) is 19.2 Å². The third kappa shape index (κ3) is 4.04. The Morgan fingerprint density at radius 3 is 2.79 bits per heavy atom. The molecule has 0 radical (unpaired) electrons. The summed E-state index contributed by atoms with van der Waals surface area (Å²) in [5.41, 5.74) is 0. The summed E-state index contributed by atoms with van der Waals surface area (Å²) < 4.78 is 4.70. The molecular weight excluding hydrogens is 310 g/mol. The molecule has 1 aliphatic heterocycles. The van der Waals surface area contributed by atoms with Gasteiger partial charge in [0, 0.05) is 19.1 Å². The zero-order chi connectivity index (χ0) is 16.9. The fourth-order valence-corrected chi connectivity index (χ4v) is 3.48. The van der Waals surface area contributed by atoms with Gasteiger partial charge in [-0.3, -0.25) is 4.79 Å². The number of carbonyl (C=O) groups is 2. The molecule has 1 aromatic rings. The summed E-state index contributed by atoms with van der Waals surface area (Å²) >= 11 is 0. The van der Waals surface area contributed by atoms with Gasteiger partial charge < -0.3 is 20.1 Å². The van der Waals surface area contributed by atoms with Crippen molar-refractivity contribution in [2.45, 2.75) is 57.5 Å². The number of amides is 3. The molecule has 1 saturated carbocycles. The molecule has 2 aliphatic rings. The molecule has 1 aliphatic carbocycles. The Kier molecular flexibility index (Phi) is 5.32. The summed E-state index contributed by atoms with van der Waals surface area (Å²) in [6.45, 7) is 2.99. The van der Waals surface area contributed by atoms with E-state index in [0.717, 1.165) is 25.7 Å². The Balaban J connectivity index is 1.50. The van der Waals surface area contributed by atoms with Crippen LogP contribution < -0.4 is 10.6 Å². The summed E-state index contributed by atoms with van der Waals surface area (Å²) in [5, 5.41) is 9.74. The van der Waals surface area contributed by atoms with Crippen molar-refractivity contribution in [1.29, 1.82) is 0 Å². The lowest BCUT2D eigenvalue weighted by molar-refractivity contribution is -0.127. The second-order valence-corrected chi connectivity index (χ2v) is 6.74. The Hall–Kier alpha value is -2.12. The summed E-state index contributed by atoms with van der Waals surface area (Å²) in [4.78, 5) is 30.6. The average molecular weight is 335 g/mol. The second kappa shape index (κ2) is 7.63. The van der Waals surface area contributed by atoms with Crippen LogP contribution in [-0.2, 0) is 4.79 Å². The number of aromatic nitrogens is 2. The van der Waals surface area contributed by atoms with Crippen molar-refractivity contribution in [3.05, 3.63) is 12.2 Å². The van der Waals surface area contributed by atoms with Gasteiger partial charge in [0.15, 0.2) is 5.82 Å². The van der Waals surface area contributed by atoms with Crippen molar-refractivity contribution in [3.8, 4) is 0 Å². The molecule has 3 amide bonds.